The molecule has 6 nitrogen and oxygen atoms in total. The quantitative estimate of drug-likeness (QED) is 0.827. The number of amides is 2. The molecule has 2 rings (SSSR count). The summed E-state index contributed by atoms with van der Waals surface area (Å²) in [5, 5.41) is 6.15. The van der Waals surface area contributed by atoms with Gasteiger partial charge in [0.05, 0.1) is 28.7 Å². The molecule has 0 fully saturated rings. The minimum Gasteiger partial charge on any atom is -0.472 e. The fourth-order valence-corrected chi connectivity index (χ4v) is 1.93. The average molecular weight is 305 g/mol. The molecule has 0 spiro atoms. The van der Waals surface area contributed by atoms with Gasteiger partial charge in [0, 0.05) is 0 Å². The zero-order valence-electron chi connectivity index (χ0n) is 11.6. The Labute approximate surface area is 126 Å². The molecule has 2 aromatic rings. The van der Waals surface area contributed by atoms with Crippen LogP contribution in [0.15, 0.2) is 46.4 Å². The average Bonchev–Trinajstić information content (AvgIpc) is 3.02. The number of pyridine rings is 1. The van der Waals surface area contributed by atoms with Gasteiger partial charge in [-0.15, -0.1) is 11.8 Å². The van der Waals surface area contributed by atoms with Gasteiger partial charge in [0.25, 0.3) is 5.91 Å². The van der Waals surface area contributed by atoms with Crippen LogP contribution in [0.25, 0.3) is 0 Å². The highest BCUT2D eigenvalue weighted by Gasteiger charge is 2.17. The summed E-state index contributed by atoms with van der Waals surface area (Å²) in [6.45, 7) is 1.61. The van der Waals surface area contributed by atoms with Crippen molar-refractivity contribution in [1.29, 1.82) is 0 Å². The van der Waals surface area contributed by atoms with E-state index < -0.39 is 6.04 Å². The number of carbonyl (C=O) groups is 2. The van der Waals surface area contributed by atoms with E-state index in [4.69, 9.17) is 4.42 Å². The maximum Gasteiger partial charge on any atom is 0.255 e. The van der Waals surface area contributed by atoms with Crippen LogP contribution >= 0.6 is 11.8 Å². The van der Waals surface area contributed by atoms with Gasteiger partial charge in [0.2, 0.25) is 5.91 Å². The first-order valence-electron chi connectivity index (χ1n) is 6.24. The summed E-state index contributed by atoms with van der Waals surface area (Å²) in [6.07, 6.45) is 6.23. The summed E-state index contributed by atoms with van der Waals surface area (Å²) >= 11 is 1.52. The molecule has 0 saturated heterocycles. The van der Waals surface area contributed by atoms with Crippen molar-refractivity contribution < 1.29 is 14.0 Å². The van der Waals surface area contributed by atoms with Gasteiger partial charge < -0.3 is 15.1 Å². The Morgan fingerprint density at radius 1 is 1.33 bits per heavy atom. The summed E-state index contributed by atoms with van der Waals surface area (Å²) in [5.74, 6) is -0.673. The minimum atomic E-state index is -0.673. The second-order valence-corrected chi connectivity index (χ2v) is 5.11. The third kappa shape index (κ3) is 4.09. The number of nitrogens with one attached hydrogen (secondary N) is 2. The lowest BCUT2D eigenvalue weighted by atomic mass is 10.2. The number of nitrogens with zero attached hydrogens (tertiary/aromatic N) is 1. The predicted molar refractivity (Wildman–Crippen MR) is 80.3 cm³/mol. The Hall–Kier alpha value is -2.28. The first-order valence-corrected chi connectivity index (χ1v) is 7.46. The molecule has 2 aromatic heterocycles. The molecule has 2 heterocycles. The van der Waals surface area contributed by atoms with E-state index in [1.165, 1.54) is 30.4 Å². The lowest BCUT2D eigenvalue weighted by Gasteiger charge is -2.13. The first-order chi connectivity index (χ1) is 10.1. The zero-order valence-corrected chi connectivity index (χ0v) is 12.4. The van der Waals surface area contributed by atoms with Crippen molar-refractivity contribution in [2.24, 2.45) is 0 Å². The third-order valence-electron chi connectivity index (χ3n) is 2.74. The zero-order chi connectivity index (χ0) is 15.2. The van der Waals surface area contributed by atoms with E-state index in [2.05, 4.69) is 15.6 Å². The van der Waals surface area contributed by atoms with Crippen LogP contribution < -0.4 is 10.6 Å². The van der Waals surface area contributed by atoms with E-state index in [0.29, 0.717) is 11.3 Å². The number of hydrogen-bond acceptors (Lipinski definition) is 5. The summed E-state index contributed by atoms with van der Waals surface area (Å²) in [7, 11) is 0. The fraction of sp³-hybridized carbons (Fsp3) is 0.214. The van der Waals surface area contributed by atoms with Gasteiger partial charge in [-0.1, -0.05) is 0 Å². The van der Waals surface area contributed by atoms with Crippen LogP contribution in [0.4, 0.5) is 5.69 Å². The standard InChI is InChI=1S/C14H15N3O3S/c1-9(16-14(19)10-5-6-20-8-10)13(18)17-11-3-4-12(21-2)15-7-11/h3-9H,1-2H3,(H,16,19)(H,17,18)/t9-/m0/s1. The van der Waals surface area contributed by atoms with E-state index in [-0.39, 0.29) is 11.8 Å². The minimum absolute atomic E-state index is 0.314. The molecule has 110 valence electrons. The van der Waals surface area contributed by atoms with Crippen molar-refractivity contribution in [3.8, 4) is 0 Å². The molecule has 0 aliphatic carbocycles. The number of hydrogen-bond donors (Lipinski definition) is 2. The van der Waals surface area contributed by atoms with Crippen LogP contribution in [0, 0.1) is 0 Å². The Morgan fingerprint density at radius 3 is 2.71 bits per heavy atom. The van der Waals surface area contributed by atoms with Gasteiger partial charge in [-0.25, -0.2) is 4.98 Å². The molecule has 0 aliphatic heterocycles. The van der Waals surface area contributed by atoms with Gasteiger partial charge in [-0.3, -0.25) is 9.59 Å². The molecule has 0 aromatic carbocycles. The summed E-state index contributed by atoms with van der Waals surface area (Å²) in [6, 6.07) is 4.44. The Bertz CT molecular complexity index is 611. The maximum atomic E-state index is 12.0. The van der Waals surface area contributed by atoms with Crippen LogP contribution in [0.1, 0.15) is 17.3 Å². The number of furan rings is 1. The van der Waals surface area contributed by atoms with Crippen molar-refractivity contribution >= 4 is 29.3 Å². The van der Waals surface area contributed by atoms with Gasteiger partial charge in [0.1, 0.15) is 12.3 Å². The highest BCUT2D eigenvalue weighted by molar-refractivity contribution is 7.98. The van der Waals surface area contributed by atoms with Crippen LogP contribution in [0.5, 0.6) is 0 Å². The van der Waals surface area contributed by atoms with E-state index in [0.717, 1.165) is 5.03 Å². The molecule has 0 aliphatic rings. The Balaban J connectivity index is 1.91. The van der Waals surface area contributed by atoms with Crippen molar-refractivity contribution in [3.05, 3.63) is 42.5 Å². The van der Waals surface area contributed by atoms with Gasteiger partial charge in [-0.2, -0.15) is 0 Å². The molecule has 0 radical (unpaired) electrons. The molecule has 2 N–H and O–H groups in total. The second-order valence-electron chi connectivity index (χ2n) is 4.29. The van der Waals surface area contributed by atoms with E-state index in [1.807, 2.05) is 12.3 Å². The van der Waals surface area contributed by atoms with Gasteiger partial charge in [0.15, 0.2) is 0 Å². The molecule has 0 bridgehead atoms. The highest BCUT2D eigenvalue weighted by Crippen LogP contribution is 2.14. The monoisotopic (exact) mass is 305 g/mol. The normalized spacial score (nSPS) is 11.7. The number of carbonyl (C=O) groups excluding carboxylic acids is 2. The van der Waals surface area contributed by atoms with Crippen molar-refractivity contribution in [2.45, 2.75) is 18.0 Å². The number of rotatable bonds is 5. The highest BCUT2D eigenvalue weighted by atomic mass is 32.2. The summed E-state index contributed by atoms with van der Waals surface area (Å²) in [4.78, 5) is 27.9. The molecule has 2 amide bonds. The van der Waals surface area contributed by atoms with Gasteiger partial charge >= 0.3 is 0 Å². The van der Waals surface area contributed by atoms with Crippen LogP contribution in [-0.2, 0) is 4.79 Å². The van der Waals surface area contributed by atoms with Crippen molar-refractivity contribution in [1.82, 2.24) is 10.3 Å². The predicted octanol–water partition coefficient (Wildman–Crippen LogP) is 2.15. The van der Waals surface area contributed by atoms with Crippen LogP contribution in [0.3, 0.4) is 0 Å². The van der Waals surface area contributed by atoms with Crippen LogP contribution in [-0.4, -0.2) is 29.1 Å². The Morgan fingerprint density at radius 2 is 2.14 bits per heavy atom. The number of anilines is 1. The third-order valence-corrected chi connectivity index (χ3v) is 3.40. The van der Waals surface area contributed by atoms with E-state index in [1.54, 1.807) is 19.2 Å². The first kappa shape index (κ1) is 15.1. The molecular formula is C14H15N3O3S. The van der Waals surface area contributed by atoms with Crippen molar-refractivity contribution in [3.63, 3.8) is 0 Å². The SMILES string of the molecule is CSc1ccc(NC(=O)[C@H](C)NC(=O)c2ccoc2)cn1. The molecule has 7 heteroatoms. The van der Waals surface area contributed by atoms with E-state index >= 15 is 0 Å². The molecule has 0 saturated carbocycles. The molecule has 21 heavy (non-hydrogen) atoms. The molecular weight excluding hydrogens is 290 g/mol. The number of aromatic nitrogens is 1. The van der Waals surface area contributed by atoms with Gasteiger partial charge in [-0.05, 0) is 31.4 Å². The topological polar surface area (TPSA) is 84.2 Å². The van der Waals surface area contributed by atoms with Crippen molar-refractivity contribution in [2.75, 3.05) is 11.6 Å². The lowest BCUT2D eigenvalue weighted by Crippen LogP contribution is -2.41. The molecule has 1 atom stereocenters. The van der Waals surface area contributed by atoms with E-state index in [9.17, 15) is 9.59 Å². The largest absolute Gasteiger partial charge is 0.472 e. The fourth-order valence-electron chi connectivity index (χ4n) is 1.56. The lowest BCUT2D eigenvalue weighted by molar-refractivity contribution is -0.117. The summed E-state index contributed by atoms with van der Waals surface area (Å²) < 4.78 is 4.82. The second kappa shape index (κ2) is 6.94. The molecule has 0 unspecified atom stereocenters. The smallest absolute Gasteiger partial charge is 0.255 e. The van der Waals surface area contributed by atoms with Crippen LogP contribution in [0.2, 0.25) is 0 Å². The maximum absolute atomic E-state index is 12.0. The Kier molecular flexibility index (Phi) is 4.99. The number of thioether (sulfide) groups is 1. The summed E-state index contributed by atoms with van der Waals surface area (Å²) in [5.41, 5.74) is 0.961.